The molecule has 1 amide bonds. The fourth-order valence-electron chi connectivity index (χ4n) is 1.56. The Bertz CT molecular complexity index is 651. The molecule has 1 heterocycles. The molecule has 1 aromatic carbocycles. The van der Waals surface area contributed by atoms with E-state index in [1.54, 1.807) is 11.6 Å². The lowest BCUT2D eigenvalue weighted by Gasteiger charge is -2.07. The topological polar surface area (TPSA) is 84.2 Å². The van der Waals surface area contributed by atoms with Crippen LogP contribution in [-0.4, -0.2) is 26.5 Å². The zero-order valence-electron chi connectivity index (χ0n) is 9.92. The highest BCUT2D eigenvalue weighted by molar-refractivity contribution is 6.06. The maximum absolute atomic E-state index is 13.4. The molecule has 0 fully saturated rings. The average Bonchev–Trinajstić information content (AvgIpc) is 2.75. The van der Waals surface area contributed by atoms with Crippen LogP contribution in [0.3, 0.4) is 0 Å². The molecule has 0 spiro atoms. The van der Waals surface area contributed by atoms with Gasteiger partial charge < -0.3 is 15.0 Å². The highest BCUT2D eigenvalue weighted by atomic mass is 19.1. The number of carbonyl (C=O) groups is 2. The van der Waals surface area contributed by atoms with Crippen LogP contribution in [0.5, 0.6) is 0 Å². The molecule has 7 heteroatoms. The molecular formula is C12H10FN3O3. The third-order valence-corrected chi connectivity index (χ3v) is 2.41. The van der Waals surface area contributed by atoms with Crippen LogP contribution >= 0.6 is 0 Å². The van der Waals surface area contributed by atoms with E-state index in [1.165, 1.54) is 24.7 Å². The Morgan fingerprint density at radius 3 is 2.74 bits per heavy atom. The van der Waals surface area contributed by atoms with Crippen LogP contribution in [0.25, 0.3) is 0 Å². The first-order valence-electron chi connectivity index (χ1n) is 5.30. The summed E-state index contributed by atoms with van der Waals surface area (Å²) < 4.78 is 15.0. The van der Waals surface area contributed by atoms with Crippen LogP contribution < -0.4 is 5.32 Å². The van der Waals surface area contributed by atoms with E-state index < -0.39 is 23.3 Å². The van der Waals surface area contributed by atoms with Crippen molar-refractivity contribution in [1.82, 2.24) is 9.55 Å². The summed E-state index contributed by atoms with van der Waals surface area (Å²) in [7, 11) is 1.69. The van der Waals surface area contributed by atoms with E-state index in [4.69, 9.17) is 5.11 Å². The number of anilines is 1. The summed E-state index contributed by atoms with van der Waals surface area (Å²) in [5, 5.41) is 11.2. The molecule has 0 radical (unpaired) electrons. The van der Waals surface area contributed by atoms with E-state index >= 15 is 0 Å². The second-order valence-electron chi connectivity index (χ2n) is 3.85. The quantitative estimate of drug-likeness (QED) is 0.879. The summed E-state index contributed by atoms with van der Waals surface area (Å²) >= 11 is 0. The third-order valence-electron chi connectivity index (χ3n) is 2.41. The zero-order chi connectivity index (χ0) is 14.0. The standard InChI is InChI=1S/C12H10FN3O3/c1-16-5-9(14-6-16)11(17)15-8-4-2-3-7(13)10(8)12(18)19/h2-6H,1H3,(H,15,17)(H,18,19). The van der Waals surface area contributed by atoms with Crippen molar-refractivity contribution in [1.29, 1.82) is 0 Å². The number of rotatable bonds is 3. The van der Waals surface area contributed by atoms with Gasteiger partial charge in [-0.3, -0.25) is 4.79 Å². The van der Waals surface area contributed by atoms with Gasteiger partial charge in [-0.05, 0) is 12.1 Å². The van der Waals surface area contributed by atoms with Gasteiger partial charge in [-0.2, -0.15) is 0 Å². The lowest BCUT2D eigenvalue weighted by molar-refractivity contribution is 0.0693. The molecular weight excluding hydrogens is 253 g/mol. The average molecular weight is 263 g/mol. The van der Waals surface area contributed by atoms with Crippen molar-refractivity contribution in [2.75, 3.05) is 5.32 Å². The number of hydrogen-bond donors (Lipinski definition) is 2. The molecule has 98 valence electrons. The van der Waals surface area contributed by atoms with Crippen molar-refractivity contribution in [2.45, 2.75) is 0 Å². The van der Waals surface area contributed by atoms with E-state index in [-0.39, 0.29) is 11.4 Å². The van der Waals surface area contributed by atoms with E-state index in [0.717, 1.165) is 6.07 Å². The summed E-state index contributed by atoms with van der Waals surface area (Å²) in [6.07, 6.45) is 2.90. The lowest BCUT2D eigenvalue weighted by atomic mass is 10.1. The predicted molar refractivity (Wildman–Crippen MR) is 64.5 cm³/mol. The summed E-state index contributed by atoms with van der Waals surface area (Å²) in [5.74, 6) is -2.96. The highest BCUT2D eigenvalue weighted by Crippen LogP contribution is 2.19. The number of aromatic carboxylic acids is 1. The Labute approximate surface area is 107 Å². The van der Waals surface area contributed by atoms with Crippen molar-refractivity contribution in [3.8, 4) is 0 Å². The number of nitrogens with one attached hydrogen (secondary N) is 1. The van der Waals surface area contributed by atoms with Crippen LogP contribution in [0.4, 0.5) is 10.1 Å². The molecule has 6 nitrogen and oxygen atoms in total. The fourth-order valence-corrected chi connectivity index (χ4v) is 1.56. The summed E-state index contributed by atoms with van der Waals surface area (Å²) in [6.45, 7) is 0. The molecule has 0 unspecified atom stereocenters. The minimum absolute atomic E-state index is 0.108. The molecule has 19 heavy (non-hydrogen) atoms. The van der Waals surface area contributed by atoms with Gasteiger partial charge in [0.2, 0.25) is 0 Å². The summed E-state index contributed by atoms with van der Waals surface area (Å²) in [5.41, 5.74) is -0.571. The molecule has 0 saturated carbocycles. The maximum Gasteiger partial charge on any atom is 0.340 e. The smallest absolute Gasteiger partial charge is 0.340 e. The SMILES string of the molecule is Cn1cnc(C(=O)Nc2cccc(F)c2C(=O)O)c1. The molecule has 0 aliphatic heterocycles. The molecule has 0 atom stereocenters. The number of aromatic nitrogens is 2. The number of hydrogen-bond acceptors (Lipinski definition) is 3. The van der Waals surface area contributed by atoms with Crippen molar-refractivity contribution in [3.05, 3.63) is 47.8 Å². The van der Waals surface area contributed by atoms with Crippen LogP contribution in [0.15, 0.2) is 30.7 Å². The van der Waals surface area contributed by atoms with Gasteiger partial charge in [-0.25, -0.2) is 14.2 Å². The van der Waals surface area contributed by atoms with Crippen LogP contribution in [0, 0.1) is 5.82 Å². The Morgan fingerprint density at radius 2 is 2.16 bits per heavy atom. The van der Waals surface area contributed by atoms with E-state index in [9.17, 15) is 14.0 Å². The number of carbonyl (C=O) groups excluding carboxylic acids is 1. The van der Waals surface area contributed by atoms with Crippen molar-refractivity contribution >= 4 is 17.6 Å². The van der Waals surface area contributed by atoms with E-state index in [2.05, 4.69) is 10.3 Å². The fraction of sp³-hybridized carbons (Fsp3) is 0.0833. The van der Waals surface area contributed by atoms with Crippen molar-refractivity contribution in [2.24, 2.45) is 7.05 Å². The van der Waals surface area contributed by atoms with Gasteiger partial charge >= 0.3 is 5.97 Å². The van der Waals surface area contributed by atoms with E-state index in [0.29, 0.717) is 0 Å². The highest BCUT2D eigenvalue weighted by Gasteiger charge is 2.18. The van der Waals surface area contributed by atoms with Gasteiger partial charge in [-0.15, -0.1) is 0 Å². The van der Waals surface area contributed by atoms with Gasteiger partial charge in [-0.1, -0.05) is 6.07 Å². The van der Waals surface area contributed by atoms with Gasteiger partial charge in [0.15, 0.2) is 0 Å². The molecule has 1 aromatic heterocycles. The summed E-state index contributed by atoms with van der Waals surface area (Å²) in [4.78, 5) is 26.6. The number of halogens is 1. The molecule has 2 N–H and O–H groups in total. The first-order chi connectivity index (χ1) is 8.99. The normalized spacial score (nSPS) is 10.2. The van der Waals surface area contributed by atoms with Gasteiger partial charge in [0, 0.05) is 13.2 Å². The molecule has 0 aliphatic carbocycles. The largest absolute Gasteiger partial charge is 0.478 e. The molecule has 0 saturated heterocycles. The monoisotopic (exact) mass is 263 g/mol. The number of amides is 1. The minimum Gasteiger partial charge on any atom is -0.478 e. The first-order valence-corrected chi connectivity index (χ1v) is 5.30. The Balaban J connectivity index is 2.31. The van der Waals surface area contributed by atoms with Crippen molar-refractivity contribution in [3.63, 3.8) is 0 Å². The molecule has 0 bridgehead atoms. The molecule has 2 rings (SSSR count). The van der Waals surface area contributed by atoms with Crippen LogP contribution in [0.2, 0.25) is 0 Å². The number of aryl methyl sites for hydroxylation is 1. The van der Waals surface area contributed by atoms with Crippen LogP contribution in [0.1, 0.15) is 20.8 Å². The number of benzene rings is 1. The van der Waals surface area contributed by atoms with Crippen LogP contribution in [-0.2, 0) is 7.05 Å². The van der Waals surface area contributed by atoms with Gasteiger partial charge in [0.25, 0.3) is 5.91 Å². The van der Waals surface area contributed by atoms with E-state index in [1.807, 2.05) is 0 Å². The second-order valence-corrected chi connectivity index (χ2v) is 3.85. The van der Waals surface area contributed by atoms with Gasteiger partial charge in [0.1, 0.15) is 17.1 Å². The molecule has 2 aromatic rings. The maximum atomic E-state index is 13.4. The minimum atomic E-state index is -1.45. The Hall–Kier alpha value is -2.70. The Kier molecular flexibility index (Phi) is 3.28. The number of carboxylic acids is 1. The Morgan fingerprint density at radius 1 is 1.42 bits per heavy atom. The predicted octanol–water partition coefficient (Wildman–Crippen LogP) is 1.51. The number of carboxylic acid groups (broad SMARTS) is 1. The van der Waals surface area contributed by atoms with Gasteiger partial charge in [0.05, 0.1) is 12.0 Å². The zero-order valence-corrected chi connectivity index (χ0v) is 9.92. The van der Waals surface area contributed by atoms with Crippen molar-refractivity contribution < 1.29 is 19.1 Å². The number of imidazole rings is 1. The number of nitrogens with zero attached hydrogens (tertiary/aromatic N) is 2. The lowest BCUT2D eigenvalue weighted by Crippen LogP contribution is -2.16. The second kappa shape index (κ2) is 4.89. The first kappa shape index (κ1) is 12.7. The summed E-state index contributed by atoms with van der Waals surface area (Å²) in [6, 6.07) is 3.64. The molecule has 0 aliphatic rings. The third kappa shape index (κ3) is 2.59.